The molecule has 4 heterocycles. The predicted octanol–water partition coefficient (Wildman–Crippen LogP) is 8.67. The number of amides is 2. The average Bonchev–Trinajstić information content (AvgIpc) is 3.57. The molecule has 0 unspecified atom stereocenters. The van der Waals surface area contributed by atoms with Crippen molar-refractivity contribution in [2.75, 3.05) is 13.1 Å². The van der Waals surface area contributed by atoms with Crippen molar-refractivity contribution in [2.24, 2.45) is 0 Å². The third-order valence-electron chi connectivity index (χ3n) is 7.27. The van der Waals surface area contributed by atoms with E-state index in [1.54, 1.807) is 9.80 Å². The molecule has 2 aromatic carbocycles. The number of hydrogen-bond acceptors (Lipinski definition) is 6. The first-order valence-corrected chi connectivity index (χ1v) is 16.9. The van der Waals surface area contributed by atoms with Crippen molar-refractivity contribution in [1.29, 1.82) is 0 Å². The maximum Gasteiger partial charge on any atom is 0.410 e. The van der Waals surface area contributed by atoms with Crippen LogP contribution in [0.25, 0.3) is 22.5 Å². The van der Waals surface area contributed by atoms with Gasteiger partial charge in [0.05, 0.1) is 47.7 Å². The first-order chi connectivity index (χ1) is 22.1. The number of benzene rings is 2. The maximum atomic E-state index is 12.3. The summed E-state index contributed by atoms with van der Waals surface area (Å²) in [4.78, 5) is 27.9. The molecule has 13 heteroatoms. The predicted molar refractivity (Wildman–Crippen MR) is 186 cm³/mol. The van der Waals surface area contributed by atoms with Crippen LogP contribution in [-0.2, 0) is 35.7 Å². The molecular weight excluding hydrogens is 707 g/mol. The van der Waals surface area contributed by atoms with Crippen molar-refractivity contribution in [3.8, 4) is 22.5 Å². The van der Waals surface area contributed by atoms with Gasteiger partial charge in [-0.05, 0) is 87.8 Å². The minimum Gasteiger partial charge on any atom is -0.444 e. The summed E-state index contributed by atoms with van der Waals surface area (Å²) in [6.45, 7) is 14.7. The summed E-state index contributed by atoms with van der Waals surface area (Å²) in [5.74, 6) is 0. The normalized spacial score (nSPS) is 14.5. The second-order valence-electron chi connectivity index (χ2n) is 13.4. The number of hydrogen-bond donors (Lipinski definition) is 0. The lowest BCUT2D eigenvalue weighted by molar-refractivity contribution is 0.0184. The summed E-state index contributed by atoms with van der Waals surface area (Å²) in [7, 11) is 0. The van der Waals surface area contributed by atoms with E-state index in [4.69, 9.17) is 32.7 Å². The van der Waals surface area contributed by atoms with Gasteiger partial charge in [0.2, 0.25) is 0 Å². The molecule has 0 aliphatic carbocycles. The highest BCUT2D eigenvalue weighted by molar-refractivity contribution is 9.10. The molecule has 0 fully saturated rings. The van der Waals surface area contributed by atoms with E-state index in [0.717, 1.165) is 38.4 Å². The Labute approximate surface area is 293 Å². The van der Waals surface area contributed by atoms with Crippen molar-refractivity contribution in [1.82, 2.24) is 29.4 Å². The molecule has 4 aromatic rings. The fourth-order valence-corrected chi connectivity index (χ4v) is 5.96. The minimum absolute atomic E-state index is 0.280. The number of aromatic nitrogens is 4. The van der Waals surface area contributed by atoms with Crippen LogP contribution >= 0.6 is 39.1 Å². The molecule has 0 saturated carbocycles. The van der Waals surface area contributed by atoms with E-state index in [1.807, 2.05) is 106 Å². The highest BCUT2D eigenvalue weighted by Gasteiger charge is 2.30. The summed E-state index contributed by atoms with van der Waals surface area (Å²) < 4.78 is 15.7. The molecule has 2 aliphatic rings. The second-order valence-corrected chi connectivity index (χ2v) is 15.1. The topological polar surface area (TPSA) is 94.7 Å². The number of nitrogens with zero attached hydrogens (tertiary/aromatic N) is 6. The van der Waals surface area contributed by atoms with Crippen molar-refractivity contribution in [2.45, 2.75) is 78.9 Å². The SMILES string of the molecule is CC(C)(C)OC(=O)N1CCn2nc(-c3ccc(Cl)cc3)c(Br)c2C1.CC(C)(C)OC(=O)N1CCn2nc(-c3ccc(Cl)cc3)cc2C1. The molecule has 0 bridgehead atoms. The van der Waals surface area contributed by atoms with Crippen LogP contribution in [0.15, 0.2) is 59.1 Å². The van der Waals surface area contributed by atoms with Crippen LogP contribution in [0.5, 0.6) is 0 Å². The zero-order valence-corrected chi connectivity index (χ0v) is 30.5. The van der Waals surface area contributed by atoms with Gasteiger partial charge in [-0.1, -0.05) is 47.5 Å². The maximum absolute atomic E-state index is 12.3. The Kier molecular flexibility index (Phi) is 10.3. The zero-order valence-electron chi connectivity index (χ0n) is 27.4. The molecule has 2 aliphatic heterocycles. The molecule has 6 rings (SSSR count). The van der Waals surface area contributed by atoms with Gasteiger partial charge in [0.25, 0.3) is 0 Å². The van der Waals surface area contributed by atoms with E-state index in [2.05, 4.69) is 26.1 Å². The smallest absolute Gasteiger partial charge is 0.410 e. The Hall–Kier alpha value is -3.54. The average molecular weight is 747 g/mol. The molecule has 47 heavy (non-hydrogen) atoms. The second kappa shape index (κ2) is 13.9. The van der Waals surface area contributed by atoms with E-state index >= 15 is 0 Å². The van der Waals surface area contributed by atoms with Gasteiger partial charge in [-0.3, -0.25) is 9.36 Å². The number of carbonyl (C=O) groups excluding carboxylic acids is 2. The van der Waals surface area contributed by atoms with Crippen molar-refractivity contribution in [3.63, 3.8) is 0 Å². The van der Waals surface area contributed by atoms with Gasteiger partial charge in [-0.2, -0.15) is 10.2 Å². The largest absolute Gasteiger partial charge is 0.444 e. The van der Waals surface area contributed by atoms with E-state index < -0.39 is 11.2 Å². The molecule has 250 valence electrons. The Morgan fingerprint density at radius 1 is 0.702 bits per heavy atom. The van der Waals surface area contributed by atoms with E-state index in [9.17, 15) is 9.59 Å². The third kappa shape index (κ3) is 8.88. The molecule has 0 N–H and O–H groups in total. The summed E-state index contributed by atoms with van der Waals surface area (Å²) in [5.41, 5.74) is 4.74. The van der Waals surface area contributed by atoms with E-state index in [0.29, 0.717) is 49.3 Å². The number of carbonyl (C=O) groups is 2. The molecule has 0 saturated heterocycles. The van der Waals surface area contributed by atoms with Gasteiger partial charge >= 0.3 is 12.2 Å². The lowest BCUT2D eigenvalue weighted by Crippen LogP contribution is -2.41. The Morgan fingerprint density at radius 3 is 1.72 bits per heavy atom. The summed E-state index contributed by atoms with van der Waals surface area (Å²) in [6, 6.07) is 17.2. The van der Waals surface area contributed by atoms with Gasteiger partial charge in [-0.15, -0.1) is 0 Å². The highest BCUT2D eigenvalue weighted by Crippen LogP contribution is 2.33. The molecule has 0 radical (unpaired) electrons. The molecule has 0 spiro atoms. The van der Waals surface area contributed by atoms with Gasteiger partial charge in [0, 0.05) is 34.3 Å². The van der Waals surface area contributed by atoms with Crippen LogP contribution in [0.2, 0.25) is 10.0 Å². The van der Waals surface area contributed by atoms with Crippen molar-refractivity contribution < 1.29 is 19.1 Å². The molecule has 10 nitrogen and oxygen atoms in total. The summed E-state index contributed by atoms with van der Waals surface area (Å²) in [6.07, 6.45) is -0.576. The zero-order chi connectivity index (χ0) is 34.1. The standard InChI is InChI=1S/C17H19BrClN3O2.C17H20ClN3O2/c1-17(2,3)24-16(23)21-8-9-22-13(10-21)14(18)15(20-22)11-4-6-12(19)7-5-11;1-17(2,3)23-16(22)20-8-9-21-14(11-20)10-15(19-21)12-4-6-13(18)7-5-12/h4-7H,8-10H2,1-3H3;4-7,10H,8-9,11H2,1-3H3. The first-order valence-electron chi connectivity index (χ1n) is 15.4. The van der Waals surface area contributed by atoms with Crippen LogP contribution in [0, 0.1) is 0 Å². The third-order valence-corrected chi connectivity index (χ3v) is 8.61. The lowest BCUT2D eigenvalue weighted by atomic mass is 10.1. The molecule has 2 aromatic heterocycles. The number of halogens is 3. The summed E-state index contributed by atoms with van der Waals surface area (Å²) in [5, 5.41) is 10.7. The number of fused-ring (bicyclic) bond motifs is 2. The minimum atomic E-state index is -0.500. The van der Waals surface area contributed by atoms with Crippen LogP contribution in [0.4, 0.5) is 9.59 Å². The highest BCUT2D eigenvalue weighted by atomic mass is 79.9. The van der Waals surface area contributed by atoms with Crippen LogP contribution in [-0.4, -0.2) is 65.8 Å². The van der Waals surface area contributed by atoms with Crippen molar-refractivity contribution >= 4 is 51.3 Å². The Balaban J connectivity index is 0.000000185. The fourth-order valence-electron chi connectivity index (χ4n) is 5.07. The fraction of sp³-hybridized carbons (Fsp3) is 0.412. The van der Waals surface area contributed by atoms with Crippen molar-refractivity contribution in [3.05, 3.63) is 80.5 Å². The van der Waals surface area contributed by atoms with Gasteiger partial charge in [0.1, 0.15) is 16.9 Å². The van der Waals surface area contributed by atoms with Gasteiger partial charge in [-0.25, -0.2) is 9.59 Å². The number of ether oxygens (including phenoxy) is 2. The van der Waals surface area contributed by atoms with Crippen LogP contribution in [0.3, 0.4) is 0 Å². The van der Waals surface area contributed by atoms with Gasteiger partial charge in [0.15, 0.2) is 0 Å². The molecule has 2 amide bonds. The monoisotopic (exact) mass is 744 g/mol. The summed E-state index contributed by atoms with van der Waals surface area (Å²) >= 11 is 15.5. The van der Waals surface area contributed by atoms with Gasteiger partial charge < -0.3 is 19.3 Å². The Morgan fingerprint density at radius 2 is 1.19 bits per heavy atom. The number of rotatable bonds is 2. The molecule has 0 atom stereocenters. The quantitative estimate of drug-likeness (QED) is 0.204. The first kappa shape index (κ1) is 34.8. The van der Waals surface area contributed by atoms with E-state index in [1.165, 1.54) is 0 Å². The lowest BCUT2D eigenvalue weighted by Gasteiger charge is -2.30. The molecular formula is C34H39BrCl2N6O4. The van der Waals surface area contributed by atoms with Crippen LogP contribution < -0.4 is 0 Å². The van der Waals surface area contributed by atoms with Crippen LogP contribution in [0.1, 0.15) is 52.9 Å². The Bertz CT molecular complexity index is 1740. The van der Waals surface area contributed by atoms with E-state index in [-0.39, 0.29) is 12.2 Å².